The number of rotatable bonds is 4. The Bertz CT molecular complexity index is 1270. The summed E-state index contributed by atoms with van der Waals surface area (Å²) < 4.78 is 10.6. The normalized spacial score (nSPS) is 16.2. The first-order valence-electron chi connectivity index (χ1n) is 9.35. The molecule has 0 saturated carbocycles. The number of halogens is 2. The van der Waals surface area contributed by atoms with Crippen molar-refractivity contribution < 1.29 is 18.7 Å². The van der Waals surface area contributed by atoms with Gasteiger partial charge in [0.2, 0.25) is 0 Å². The van der Waals surface area contributed by atoms with Crippen LogP contribution in [0.15, 0.2) is 68.9 Å². The molecule has 0 radical (unpaired) electrons. The van der Waals surface area contributed by atoms with Crippen LogP contribution in [-0.4, -0.2) is 36.1 Å². The lowest BCUT2D eigenvalue weighted by Crippen LogP contribution is -2.23. The lowest BCUT2D eigenvalue weighted by Gasteiger charge is -2.07. The van der Waals surface area contributed by atoms with Crippen molar-refractivity contribution in [2.24, 2.45) is 4.99 Å². The monoisotopic (exact) mass is 486 g/mol. The van der Waals surface area contributed by atoms with E-state index < -0.39 is 5.97 Å². The summed E-state index contributed by atoms with van der Waals surface area (Å²) in [5.74, 6) is 0.434. The van der Waals surface area contributed by atoms with Gasteiger partial charge < -0.3 is 9.15 Å². The van der Waals surface area contributed by atoms with Gasteiger partial charge in [-0.15, -0.1) is 0 Å². The smallest absolute Gasteiger partial charge is 0.337 e. The quantitative estimate of drug-likeness (QED) is 0.320. The average Bonchev–Trinajstić information content (AvgIpc) is 3.36. The van der Waals surface area contributed by atoms with Crippen LogP contribution in [0.5, 0.6) is 0 Å². The molecule has 0 spiro atoms. The van der Waals surface area contributed by atoms with E-state index in [4.69, 9.17) is 32.4 Å². The minimum atomic E-state index is -0.422. The number of nitrogens with zero attached hydrogens (tertiary/aromatic N) is 2. The molecule has 1 saturated heterocycles. The molecule has 6 nitrogen and oxygen atoms in total. The van der Waals surface area contributed by atoms with Crippen LogP contribution in [0, 0.1) is 0 Å². The van der Waals surface area contributed by atoms with Gasteiger partial charge in [0.25, 0.3) is 5.91 Å². The van der Waals surface area contributed by atoms with E-state index in [-0.39, 0.29) is 5.91 Å². The Morgan fingerprint density at radius 3 is 2.59 bits per heavy atom. The van der Waals surface area contributed by atoms with Gasteiger partial charge in [-0.3, -0.25) is 9.69 Å². The van der Waals surface area contributed by atoms with Crippen LogP contribution in [0.2, 0.25) is 10.0 Å². The SMILES string of the molecule is COC(=O)c1ccc(N=C2SC(=Cc3ccc(-c4cc(Cl)ccc4Cl)o3)C(=O)N2C)cc1. The molecule has 1 aromatic heterocycles. The molecule has 162 valence electrons. The molecule has 0 N–H and O–H groups in total. The summed E-state index contributed by atoms with van der Waals surface area (Å²) in [5, 5.41) is 1.57. The zero-order valence-corrected chi connectivity index (χ0v) is 19.3. The summed E-state index contributed by atoms with van der Waals surface area (Å²) >= 11 is 13.5. The maximum atomic E-state index is 12.7. The number of carbonyl (C=O) groups excluding carboxylic acids is 2. The third-order valence-electron chi connectivity index (χ3n) is 4.61. The zero-order chi connectivity index (χ0) is 22.8. The fraction of sp³-hybridized carbons (Fsp3) is 0.0870. The van der Waals surface area contributed by atoms with Crippen molar-refractivity contribution in [1.29, 1.82) is 0 Å². The number of amides is 1. The van der Waals surface area contributed by atoms with Gasteiger partial charge in [0.15, 0.2) is 5.17 Å². The number of likely N-dealkylation sites (N-methyl/N-ethyl adjacent to an activating group) is 1. The molecule has 1 fully saturated rings. The Labute approximate surface area is 198 Å². The minimum absolute atomic E-state index is 0.196. The van der Waals surface area contributed by atoms with Crippen LogP contribution < -0.4 is 0 Å². The maximum absolute atomic E-state index is 12.7. The number of methoxy groups -OCH3 is 1. The minimum Gasteiger partial charge on any atom is -0.465 e. The summed E-state index contributed by atoms with van der Waals surface area (Å²) in [7, 11) is 2.97. The fourth-order valence-electron chi connectivity index (χ4n) is 2.94. The molecule has 0 unspecified atom stereocenters. The van der Waals surface area contributed by atoms with Gasteiger partial charge in [-0.1, -0.05) is 23.2 Å². The van der Waals surface area contributed by atoms with E-state index >= 15 is 0 Å². The maximum Gasteiger partial charge on any atom is 0.337 e. The van der Waals surface area contributed by atoms with Crippen LogP contribution in [0.1, 0.15) is 16.1 Å². The van der Waals surface area contributed by atoms with E-state index in [0.29, 0.717) is 48.5 Å². The molecule has 2 heterocycles. The van der Waals surface area contributed by atoms with Crippen LogP contribution >= 0.6 is 35.0 Å². The van der Waals surface area contributed by atoms with Crippen molar-refractivity contribution >= 4 is 63.8 Å². The van der Waals surface area contributed by atoms with Crippen molar-refractivity contribution in [1.82, 2.24) is 4.90 Å². The Balaban J connectivity index is 1.56. The number of thioether (sulfide) groups is 1. The van der Waals surface area contributed by atoms with Gasteiger partial charge in [0, 0.05) is 23.7 Å². The predicted molar refractivity (Wildman–Crippen MR) is 127 cm³/mol. The van der Waals surface area contributed by atoms with Gasteiger partial charge in [-0.05, 0) is 66.4 Å². The number of hydrogen-bond acceptors (Lipinski definition) is 6. The van der Waals surface area contributed by atoms with Crippen molar-refractivity contribution in [3.63, 3.8) is 0 Å². The average molecular weight is 487 g/mol. The van der Waals surface area contributed by atoms with Crippen molar-refractivity contribution in [2.45, 2.75) is 0 Å². The number of ether oxygens (including phenoxy) is 1. The molecule has 3 aromatic rings. The zero-order valence-electron chi connectivity index (χ0n) is 17.0. The number of aliphatic imine (C=N–C) groups is 1. The standard InChI is InChI=1S/C23H16Cl2N2O4S/c1-27-21(28)20(32-23(27)26-15-6-3-13(4-7-15)22(29)30-2)12-16-8-10-19(31-16)17-11-14(24)5-9-18(17)25/h3-12H,1-2H3. The van der Waals surface area contributed by atoms with Gasteiger partial charge in [-0.25, -0.2) is 9.79 Å². The summed E-state index contributed by atoms with van der Waals surface area (Å²) in [6.45, 7) is 0. The number of amidine groups is 1. The summed E-state index contributed by atoms with van der Waals surface area (Å²) in [5.41, 5.74) is 1.70. The second kappa shape index (κ2) is 9.24. The predicted octanol–water partition coefficient (Wildman–Crippen LogP) is 6.27. The number of hydrogen-bond donors (Lipinski definition) is 0. The van der Waals surface area contributed by atoms with Crippen LogP contribution in [0.3, 0.4) is 0 Å². The molecular formula is C23H16Cl2N2O4S. The number of furan rings is 1. The van der Waals surface area contributed by atoms with E-state index in [1.54, 1.807) is 67.7 Å². The van der Waals surface area contributed by atoms with E-state index in [1.807, 2.05) is 0 Å². The third kappa shape index (κ3) is 4.60. The van der Waals surface area contributed by atoms with Crippen molar-refractivity contribution in [2.75, 3.05) is 14.2 Å². The second-order valence-corrected chi connectivity index (χ2v) is 8.59. The van der Waals surface area contributed by atoms with E-state index in [0.717, 1.165) is 0 Å². The van der Waals surface area contributed by atoms with Crippen molar-refractivity contribution in [3.8, 4) is 11.3 Å². The van der Waals surface area contributed by atoms with Gasteiger partial charge >= 0.3 is 5.97 Å². The molecule has 0 atom stereocenters. The van der Waals surface area contributed by atoms with Gasteiger partial charge in [0.05, 0.1) is 28.3 Å². The van der Waals surface area contributed by atoms with Gasteiger partial charge in [-0.2, -0.15) is 0 Å². The summed E-state index contributed by atoms with van der Waals surface area (Å²) in [6, 6.07) is 15.3. The fourth-order valence-corrected chi connectivity index (χ4v) is 4.29. The Hall–Kier alpha value is -3.00. The highest BCUT2D eigenvalue weighted by Crippen LogP contribution is 2.36. The molecule has 1 amide bonds. The summed E-state index contributed by atoms with van der Waals surface area (Å²) in [4.78, 5) is 30.7. The van der Waals surface area contributed by atoms with E-state index in [1.165, 1.54) is 23.8 Å². The third-order valence-corrected chi connectivity index (χ3v) is 6.24. The first kappa shape index (κ1) is 22.2. The highest BCUT2D eigenvalue weighted by Gasteiger charge is 2.30. The van der Waals surface area contributed by atoms with Crippen LogP contribution in [-0.2, 0) is 9.53 Å². The molecule has 9 heteroatoms. The van der Waals surface area contributed by atoms with E-state index in [9.17, 15) is 9.59 Å². The Morgan fingerprint density at radius 1 is 1.12 bits per heavy atom. The molecule has 0 bridgehead atoms. The number of esters is 1. The largest absolute Gasteiger partial charge is 0.465 e. The lowest BCUT2D eigenvalue weighted by atomic mass is 10.2. The van der Waals surface area contributed by atoms with Gasteiger partial charge in [0.1, 0.15) is 11.5 Å². The Kier molecular flexibility index (Phi) is 6.41. The van der Waals surface area contributed by atoms with Crippen LogP contribution in [0.25, 0.3) is 17.4 Å². The first-order valence-corrected chi connectivity index (χ1v) is 10.9. The lowest BCUT2D eigenvalue weighted by molar-refractivity contribution is -0.121. The molecule has 1 aliphatic rings. The van der Waals surface area contributed by atoms with E-state index in [2.05, 4.69) is 4.99 Å². The second-order valence-electron chi connectivity index (χ2n) is 6.73. The Morgan fingerprint density at radius 2 is 1.88 bits per heavy atom. The first-order chi connectivity index (χ1) is 15.4. The topological polar surface area (TPSA) is 72.1 Å². The number of carbonyl (C=O) groups is 2. The number of benzene rings is 2. The molecular weight excluding hydrogens is 471 g/mol. The molecule has 4 rings (SSSR count). The molecule has 1 aliphatic heterocycles. The highest BCUT2D eigenvalue weighted by atomic mass is 35.5. The highest BCUT2D eigenvalue weighted by molar-refractivity contribution is 8.18. The molecule has 32 heavy (non-hydrogen) atoms. The summed E-state index contributed by atoms with van der Waals surface area (Å²) in [6.07, 6.45) is 1.66. The molecule has 2 aromatic carbocycles. The van der Waals surface area contributed by atoms with Crippen LogP contribution in [0.4, 0.5) is 5.69 Å². The molecule has 0 aliphatic carbocycles. The van der Waals surface area contributed by atoms with Crippen molar-refractivity contribution in [3.05, 3.63) is 80.9 Å².